The van der Waals surface area contributed by atoms with Crippen LogP contribution in [0.4, 0.5) is 0 Å². The topological polar surface area (TPSA) is 26.3 Å². The molecule has 0 atom stereocenters. The van der Waals surface area contributed by atoms with E-state index in [-0.39, 0.29) is 0 Å². The first-order valence-electron chi connectivity index (χ1n) is 3.30. The summed E-state index contributed by atoms with van der Waals surface area (Å²) in [6.45, 7) is 3.91. The van der Waals surface area contributed by atoms with Crippen LogP contribution in [0.1, 0.15) is 13.8 Å². The van der Waals surface area contributed by atoms with E-state index >= 15 is 0 Å². The minimum Gasteiger partial charge on any atom is -0.498 e. The van der Waals surface area contributed by atoms with Crippen molar-refractivity contribution in [1.29, 1.82) is 0 Å². The molecule has 0 saturated carbocycles. The Balaban J connectivity index is 4.24. The first-order chi connectivity index (χ1) is 5.38. The third-order valence-corrected chi connectivity index (χ3v) is 1.54. The van der Waals surface area contributed by atoms with Crippen LogP contribution in [0.15, 0.2) is 11.8 Å². The summed E-state index contributed by atoms with van der Waals surface area (Å²) >= 11 is 15.9. The Morgan fingerprint density at radius 2 is 2.00 bits per heavy atom. The molecule has 0 aliphatic rings. The van der Waals surface area contributed by atoms with E-state index in [1.165, 1.54) is 0 Å². The molecule has 0 saturated heterocycles. The van der Waals surface area contributed by atoms with Gasteiger partial charge in [-0.3, -0.25) is 4.79 Å². The number of hydrogen-bond donors (Lipinski definition) is 0. The molecule has 0 amide bonds. The Kier molecular flexibility index (Phi) is 4.98. The molecular weight excluding hydrogens is 222 g/mol. The molecule has 0 aliphatic heterocycles. The first kappa shape index (κ1) is 12.1. The van der Waals surface area contributed by atoms with Crippen molar-refractivity contribution < 1.29 is 9.53 Å². The first-order valence-corrected chi connectivity index (χ1v) is 4.43. The van der Waals surface area contributed by atoms with E-state index in [4.69, 9.17) is 39.5 Å². The van der Waals surface area contributed by atoms with E-state index in [0.29, 0.717) is 12.4 Å². The second-order valence-electron chi connectivity index (χ2n) is 2.05. The molecule has 0 bridgehead atoms. The number of halogens is 3. The van der Waals surface area contributed by atoms with E-state index < -0.39 is 9.58 Å². The maximum Gasteiger partial charge on any atom is 0.252 e. The SMILES string of the molecule is CCO/C(C)=C/C(=O)C(Cl)(Cl)Cl. The summed E-state index contributed by atoms with van der Waals surface area (Å²) in [5.41, 5.74) is 0. The van der Waals surface area contributed by atoms with Crippen LogP contribution in [0.5, 0.6) is 0 Å². The molecule has 0 aliphatic carbocycles. The van der Waals surface area contributed by atoms with Gasteiger partial charge >= 0.3 is 0 Å². The van der Waals surface area contributed by atoms with Gasteiger partial charge in [-0.05, 0) is 13.8 Å². The average Bonchev–Trinajstić information content (AvgIpc) is 1.85. The lowest BCUT2D eigenvalue weighted by Crippen LogP contribution is -2.16. The van der Waals surface area contributed by atoms with Crippen LogP contribution >= 0.6 is 34.8 Å². The van der Waals surface area contributed by atoms with Gasteiger partial charge in [0.05, 0.1) is 12.4 Å². The van der Waals surface area contributed by atoms with Gasteiger partial charge in [0.15, 0.2) is 0 Å². The third-order valence-electron chi connectivity index (χ3n) is 0.986. The molecule has 0 fully saturated rings. The van der Waals surface area contributed by atoms with Gasteiger partial charge in [-0.1, -0.05) is 34.8 Å². The van der Waals surface area contributed by atoms with Gasteiger partial charge in [-0.15, -0.1) is 0 Å². The fraction of sp³-hybridized carbons (Fsp3) is 0.571. The number of ketones is 1. The molecule has 0 aromatic carbocycles. The number of ether oxygens (including phenoxy) is 1. The van der Waals surface area contributed by atoms with Crippen LogP contribution in [-0.2, 0) is 9.53 Å². The number of carbonyl (C=O) groups excluding carboxylic acids is 1. The van der Waals surface area contributed by atoms with Crippen molar-refractivity contribution in [3.05, 3.63) is 11.8 Å². The highest BCUT2D eigenvalue weighted by atomic mass is 35.6. The molecule has 0 rings (SSSR count). The molecule has 5 heteroatoms. The number of rotatable bonds is 3. The molecule has 2 nitrogen and oxygen atoms in total. The highest BCUT2D eigenvalue weighted by molar-refractivity contribution is 6.77. The average molecular weight is 232 g/mol. The van der Waals surface area contributed by atoms with E-state index in [0.717, 1.165) is 6.08 Å². The predicted molar refractivity (Wildman–Crippen MR) is 50.7 cm³/mol. The summed E-state index contributed by atoms with van der Waals surface area (Å²) in [5.74, 6) is -0.160. The van der Waals surface area contributed by atoms with Crippen molar-refractivity contribution in [1.82, 2.24) is 0 Å². The number of alkyl halides is 3. The summed E-state index contributed by atoms with van der Waals surface area (Å²) in [6, 6.07) is 0. The highest BCUT2D eigenvalue weighted by Crippen LogP contribution is 2.27. The van der Waals surface area contributed by atoms with E-state index in [1.807, 2.05) is 0 Å². The second kappa shape index (κ2) is 4.95. The maximum atomic E-state index is 11.0. The maximum absolute atomic E-state index is 11.0. The van der Waals surface area contributed by atoms with Crippen molar-refractivity contribution in [2.45, 2.75) is 17.6 Å². The Labute approximate surface area is 86.4 Å². The minimum absolute atomic E-state index is 0.439. The van der Waals surface area contributed by atoms with Crippen molar-refractivity contribution in [3.8, 4) is 0 Å². The minimum atomic E-state index is -1.89. The van der Waals surface area contributed by atoms with Gasteiger partial charge in [0.2, 0.25) is 5.78 Å². The predicted octanol–water partition coefficient (Wildman–Crippen LogP) is 2.87. The lowest BCUT2D eigenvalue weighted by molar-refractivity contribution is -0.114. The Hall–Kier alpha value is 0.0800. The molecule has 0 heterocycles. The van der Waals surface area contributed by atoms with Crippen LogP contribution in [0.3, 0.4) is 0 Å². The zero-order valence-corrected chi connectivity index (χ0v) is 9.00. The van der Waals surface area contributed by atoms with Crippen molar-refractivity contribution in [3.63, 3.8) is 0 Å². The standard InChI is InChI=1S/C7H9Cl3O2/c1-3-12-5(2)4-6(11)7(8,9)10/h4H,3H2,1-2H3/b5-4+. The summed E-state index contributed by atoms with van der Waals surface area (Å²) in [7, 11) is 0. The zero-order valence-electron chi connectivity index (χ0n) is 6.73. The van der Waals surface area contributed by atoms with Crippen LogP contribution in [0.2, 0.25) is 0 Å². The third kappa shape index (κ3) is 4.86. The molecule has 0 radical (unpaired) electrons. The molecule has 0 unspecified atom stereocenters. The van der Waals surface area contributed by atoms with Crippen LogP contribution in [0, 0.1) is 0 Å². The molecule has 0 aromatic rings. The van der Waals surface area contributed by atoms with E-state index in [1.54, 1.807) is 13.8 Å². The number of allylic oxidation sites excluding steroid dienone is 2. The van der Waals surface area contributed by atoms with Gasteiger partial charge in [0, 0.05) is 6.08 Å². The van der Waals surface area contributed by atoms with Crippen LogP contribution in [-0.4, -0.2) is 16.2 Å². The van der Waals surface area contributed by atoms with Crippen LogP contribution < -0.4 is 0 Å². The van der Waals surface area contributed by atoms with Crippen molar-refractivity contribution >= 4 is 40.6 Å². The summed E-state index contributed by atoms with van der Waals surface area (Å²) in [5, 5.41) is 0. The fourth-order valence-corrected chi connectivity index (χ4v) is 0.699. The Morgan fingerprint density at radius 1 is 1.50 bits per heavy atom. The quantitative estimate of drug-likeness (QED) is 0.424. The number of hydrogen-bond acceptors (Lipinski definition) is 2. The monoisotopic (exact) mass is 230 g/mol. The van der Waals surface area contributed by atoms with Gasteiger partial charge in [0.1, 0.15) is 0 Å². The smallest absolute Gasteiger partial charge is 0.252 e. The molecular formula is C7H9Cl3O2. The van der Waals surface area contributed by atoms with Gasteiger partial charge in [-0.2, -0.15) is 0 Å². The largest absolute Gasteiger partial charge is 0.498 e. The zero-order chi connectivity index (χ0) is 9.78. The van der Waals surface area contributed by atoms with Gasteiger partial charge < -0.3 is 4.74 Å². The lowest BCUT2D eigenvalue weighted by Gasteiger charge is -2.07. The molecule has 0 N–H and O–H groups in total. The summed E-state index contributed by atoms with van der Waals surface area (Å²) in [4.78, 5) is 11.0. The van der Waals surface area contributed by atoms with Crippen LogP contribution in [0.25, 0.3) is 0 Å². The lowest BCUT2D eigenvalue weighted by atomic mass is 10.3. The molecule has 70 valence electrons. The van der Waals surface area contributed by atoms with Crippen molar-refractivity contribution in [2.24, 2.45) is 0 Å². The van der Waals surface area contributed by atoms with E-state index in [2.05, 4.69) is 0 Å². The van der Waals surface area contributed by atoms with Crippen molar-refractivity contribution in [2.75, 3.05) is 6.61 Å². The second-order valence-corrected chi connectivity index (χ2v) is 4.33. The highest BCUT2D eigenvalue weighted by Gasteiger charge is 2.28. The summed E-state index contributed by atoms with van der Waals surface area (Å²) < 4.78 is 3.08. The normalized spacial score (nSPS) is 12.9. The Bertz CT molecular complexity index is 193. The molecule has 12 heavy (non-hydrogen) atoms. The molecule has 0 spiro atoms. The number of carbonyl (C=O) groups is 1. The summed E-state index contributed by atoms with van der Waals surface area (Å²) in [6.07, 6.45) is 1.16. The van der Waals surface area contributed by atoms with Gasteiger partial charge in [-0.25, -0.2) is 0 Å². The molecule has 0 aromatic heterocycles. The Morgan fingerprint density at radius 3 is 2.33 bits per heavy atom. The van der Waals surface area contributed by atoms with Gasteiger partial charge in [0.25, 0.3) is 3.79 Å². The van der Waals surface area contributed by atoms with E-state index in [9.17, 15) is 4.79 Å². The fourth-order valence-electron chi connectivity index (χ4n) is 0.536.